The molecule has 2 aliphatic carbocycles. The van der Waals surface area contributed by atoms with Crippen molar-refractivity contribution in [2.24, 2.45) is 22.7 Å². The number of hydrogen-bond donors (Lipinski definition) is 0. The molecule has 4 atom stereocenters. The molecule has 0 spiro atoms. The third-order valence-corrected chi connectivity index (χ3v) is 5.09. The van der Waals surface area contributed by atoms with Crippen LogP contribution < -0.4 is 0 Å². The summed E-state index contributed by atoms with van der Waals surface area (Å²) in [7, 11) is 0. The van der Waals surface area contributed by atoms with Gasteiger partial charge in [0, 0.05) is 5.41 Å². The maximum absolute atomic E-state index is 11.9. The summed E-state index contributed by atoms with van der Waals surface area (Å²) < 4.78 is 5.32. The Kier molecular flexibility index (Phi) is 1.36. The second kappa shape index (κ2) is 2.23. The third kappa shape index (κ3) is 0.598. The zero-order chi connectivity index (χ0) is 9.97. The second-order valence-corrected chi connectivity index (χ2v) is 5.12. The van der Waals surface area contributed by atoms with Gasteiger partial charge >= 0.3 is 5.97 Å². The van der Waals surface area contributed by atoms with E-state index in [9.17, 15) is 4.79 Å². The summed E-state index contributed by atoms with van der Waals surface area (Å²) in [4.78, 5) is 11.9. The first kappa shape index (κ1) is 8.51. The molecule has 2 heteroatoms. The lowest BCUT2D eigenvalue weighted by Gasteiger charge is -2.39. The molecule has 1 aliphatic heterocycles. The Bertz CT molecular complexity index is 333. The molecule has 0 N–H and O–H groups in total. The fourth-order valence-electron chi connectivity index (χ4n) is 3.98. The van der Waals surface area contributed by atoms with Gasteiger partial charge in [-0.3, -0.25) is 4.79 Å². The van der Waals surface area contributed by atoms with E-state index in [2.05, 4.69) is 26.0 Å². The summed E-state index contributed by atoms with van der Waals surface area (Å²) in [5.41, 5.74) is -0.106. The van der Waals surface area contributed by atoms with Gasteiger partial charge in [0.15, 0.2) is 0 Å². The van der Waals surface area contributed by atoms with Gasteiger partial charge in [-0.1, -0.05) is 19.1 Å². The predicted octanol–water partition coefficient (Wildman–Crippen LogP) is 2.15. The molecule has 2 fully saturated rings. The number of cyclic esters (lactones) is 1. The molecule has 0 amide bonds. The van der Waals surface area contributed by atoms with Gasteiger partial charge in [-0.05, 0) is 31.6 Å². The van der Waals surface area contributed by atoms with Gasteiger partial charge < -0.3 is 4.74 Å². The van der Waals surface area contributed by atoms with Crippen LogP contribution in [0.2, 0.25) is 0 Å². The first-order valence-corrected chi connectivity index (χ1v) is 5.50. The van der Waals surface area contributed by atoms with Crippen molar-refractivity contribution in [3.05, 3.63) is 12.2 Å². The molecule has 1 saturated heterocycles. The van der Waals surface area contributed by atoms with E-state index in [1.807, 2.05) is 0 Å². The first-order valence-electron chi connectivity index (χ1n) is 5.50. The van der Waals surface area contributed by atoms with Crippen LogP contribution in [0.1, 0.15) is 26.7 Å². The summed E-state index contributed by atoms with van der Waals surface area (Å²) in [6.07, 6.45) is 6.75. The smallest absolute Gasteiger partial charge is 0.313 e. The van der Waals surface area contributed by atoms with Crippen molar-refractivity contribution < 1.29 is 9.53 Å². The fourth-order valence-corrected chi connectivity index (χ4v) is 3.98. The van der Waals surface area contributed by atoms with Gasteiger partial charge in [0.25, 0.3) is 0 Å². The quantitative estimate of drug-likeness (QED) is 0.470. The number of carbonyl (C=O) groups excluding carboxylic acids is 1. The van der Waals surface area contributed by atoms with Gasteiger partial charge in [0.05, 0.1) is 12.0 Å². The van der Waals surface area contributed by atoms with Crippen molar-refractivity contribution in [1.29, 1.82) is 0 Å². The van der Waals surface area contributed by atoms with Crippen LogP contribution in [-0.2, 0) is 9.53 Å². The van der Waals surface area contributed by atoms with Crippen LogP contribution in [0.25, 0.3) is 0 Å². The Morgan fingerprint density at radius 1 is 1.50 bits per heavy atom. The van der Waals surface area contributed by atoms with E-state index in [4.69, 9.17) is 4.74 Å². The number of rotatable bonds is 1. The van der Waals surface area contributed by atoms with Crippen LogP contribution in [-0.4, -0.2) is 12.6 Å². The number of ether oxygens (including phenoxy) is 1. The first-order chi connectivity index (χ1) is 6.65. The second-order valence-electron chi connectivity index (χ2n) is 5.12. The molecule has 0 aromatic carbocycles. The van der Waals surface area contributed by atoms with Gasteiger partial charge in [-0.25, -0.2) is 0 Å². The summed E-state index contributed by atoms with van der Waals surface area (Å²) in [6.45, 7) is 4.94. The van der Waals surface area contributed by atoms with E-state index in [1.165, 1.54) is 6.42 Å². The summed E-state index contributed by atoms with van der Waals surface area (Å²) in [6, 6.07) is 0. The van der Waals surface area contributed by atoms with E-state index >= 15 is 0 Å². The molecule has 14 heavy (non-hydrogen) atoms. The highest BCUT2D eigenvalue weighted by molar-refractivity contribution is 5.82. The summed E-state index contributed by atoms with van der Waals surface area (Å²) >= 11 is 0. The third-order valence-electron chi connectivity index (χ3n) is 5.09. The molecule has 1 heterocycles. The van der Waals surface area contributed by atoms with Crippen LogP contribution in [0, 0.1) is 22.7 Å². The maximum Gasteiger partial charge on any atom is 0.313 e. The van der Waals surface area contributed by atoms with Gasteiger partial charge in [0.1, 0.15) is 0 Å². The average Bonchev–Trinajstić information content (AvgIpc) is 2.80. The molecule has 3 rings (SSSR count). The van der Waals surface area contributed by atoms with Crippen LogP contribution >= 0.6 is 0 Å². The number of hydrogen-bond acceptors (Lipinski definition) is 2. The minimum Gasteiger partial charge on any atom is -0.465 e. The Morgan fingerprint density at radius 2 is 2.21 bits per heavy atom. The average molecular weight is 192 g/mol. The molecule has 76 valence electrons. The monoisotopic (exact) mass is 192 g/mol. The molecule has 3 aliphatic rings. The van der Waals surface area contributed by atoms with Crippen molar-refractivity contribution in [2.45, 2.75) is 26.7 Å². The van der Waals surface area contributed by atoms with E-state index in [0.29, 0.717) is 18.4 Å². The normalized spacial score (nSPS) is 53.7. The van der Waals surface area contributed by atoms with Gasteiger partial charge in [-0.2, -0.15) is 0 Å². The molecule has 1 saturated carbocycles. The molecule has 4 unspecified atom stereocenters. The predicted molar refractivity (Wildman–Crippen MR) is 52.5 cm³/mol. The molecular formula is C12H16O2. The van der Waals surface area contributed by atoms with Crippen molar-refractivity contribution in [3.63, 3.8) is 0 Å². The molecule has 0 aromatic heterocycles. The Morgan fingerprint density at radius 3 is 2.86 bits per heavy atom. The SMILES string of the molecule is CCC12COC(=O)C1(C)C1C=CC2C1. The molecule has 0 radical (unpaired) electrons. The minimum atomic E-state index is -0.221. The van der Waals surface area contributed by atoms with Crippen LogP contribution in [0.4, 0.5) is 0 Å². The van der Waals surface area contributed by atoms with Crippen LogP contribution in [0.3, 0.4) is 0 Å². The molecule has 2 nitrogen and oxygen atoms in total. The number of fused-ring (bicyclic) bond motifs is 5. The topological polar surface area (TPSA) is 26.3 Å². The molecular weight excluding hydrogens is 176 g/mol. The lowest BCUT2D eigenvalue weighted by atomic mass is 9.59. The van der Waals surface area contributed by atoms with Gasteiger partial charge in [-0.15, -0.1) is 0 Å². The standard InChI is InChI=1S/C12H16O2/c1-3-12-7-14-10(13)11(12,2)8-4-5-9(12)6-8/h4-5,8-9H,3,6-7H2,1-2H3. The van der Waals surface area contributed by atoms with Crippen molar-refractivity contribution in [2.75, 3.05) is 6.61 Å². The molecule has 0 aromatic rings. The van der Waals surface area contributed by atoms with Crippen LogP contribution in [0.5, 0.6) is 0 Å². The fraction of sp³-hybridized carbons (Fsp3) is 0.750. The van der Waals surface area contributed by atoms with E-state index in [-0.39, 0.29) is 16.8 Å². The highest BCUT2D eigenvalue weighted by Gasteiger charge is 2.70. The highest BCUT2D eigenvalue weighted by atomic mass is 16.5. The zero-order valence-electron chi connectivity index (χ0n) is 8.75. The summed E-state index contributed by atoms with van der Waals surface area (Å²) in [5.74, 6) is 1.05. The Labute approximate surface area is 84.3 Å². The lowest BCUT2D eigenvalue weighted by molar-refractivity contribution is -0.147. The van der Waals surface area contributed by atoms with Crippen molar-refractivity contribution >= 4 is 5.97 Å². The van der Waals surface area contributed by atoms with E-state index in [1.54, 1.807) is 0 Å². The van der Waals surface area contributed by atoms with Crippen molar-refractivity contribution in [1.82, 2.24) is 0 Å². The Balaban J connectivity index is 2.18. The summed E-state index contributed by atoms with van der Waals surface area (Å²) in [5, 5.41) is 0. The van der Waals surface area contributed by atoms with E-state index < -0.39 is 0 Å². The minimum absolute atomic E-state index is 0.0381. The largest absolute Gasteiger partial charge is 0.465 e. The van der Waals surface area contributed by atoms with Gasteiger partial charge in [0.2, 0.25) is 0 Å². The number of esters is 1. The van der Waals surface area contributed by atoms with E-state index in [0.717, 1.165) is 6.42 Å². The lowest BCUT2D eigenvalue weighted by Crippen LogP contribution is -2.43. The zero-order valence-corrected chi connectivity index (χ0v) is 8.75. The number of carbonyl (C=O) groups is 1. The maximum atomic E-state index is 11.9. The highest BCUT2D eigenvalue weighted by Crippen LogP contribution is 2.68. The van der Waals surface area contributed by atoms with Crippen molar-refractivity contribution in [3.8, 4) is 0 Å². The van der Waals surface area contributed by atoms with Crippen LogP contribution in [0.15, 0.2) is 12.2 Å². The molecule has 2 bridgehead atoms. The Hall–Kier alpha value is -0.790. The number of allylic oxidation sites excluding steroid dienone is 2.